The largest absolute Gasteiger partial charge is 0.459 e. The Labute approximate surface area is 241 Å². The van der Waals surface area contributed by atoms with Crippen molar-refractivity contribution >= 4 is 38.4 Å². The number of ether oxygens (including phenoxy) is 1. The number of aromatic nitrogens is 1. The molecule has 2 aliphatic rings. The third kappa shape index (κ3) is 6.10. The number of para-hydroxylation sites is 1. The van der Waals surface area contributed by atoms with E-state index in [0.29, 0.717) is 56.1 Å². The van der Waals surface area contributed by atoms with Crippen LogP contribution in [0.25, 0.3) is 16.5 Å². The number of piperazine rings is 1. The quantitative estimate of drug-likeness (QED) is 0.444. The van der Waals surface area contributed by atoms with Gasteiger partial charge >= 0.3 is 5.97 Å². The van der Waals surface area contributed by atoms with Gasteiger partial charge in [-0.1, -0.05) is 44.2 Å². The zero-order valence-corrected chi connectivity index (χ0v) is 25.1. The summed E-state index contributed by atoms with van der Waals surface area (Å²) in [6.07, 6.45) is 2.56. The second-order valence-electron chi connectivity index (χ2n) is 11.9. The minimum atomic E-state index is -3.19. The van der Waals surface area contributed by atoms with Gasteiger partial charge in [0.05, 0.1) is 23.6 Å². The van der Waals surface area contributed by atoms with Crippen molar-refractivity contribution in [3.63, 3.8) is 0 Å². The van der Waals surface area contributed by atoms with Gasteiger partial charge in [-0.3, -0.25) is 9.69 Å². The molecule has 2 aromatic carbocycles. The molecule has 1 N–H and O–H groups in total. The Bertz CT molecular complexity index is 1610. The van der Waals surface area contributed by atoms with Gasteiger partial charge in [0.15, 0.2) is 0 Å². The van der Waals surface area contributed by atoms with Gasteiger partial charge < -0.3 is 14.6 Å². The molecular formula is C31H38N4O5S. The highest BCUT2D eigenvalue weighted by Gasteiger charge is 2.37. The number of aromatic amines is 1. The lowest BCUT2D eigenvalue weighted by molar-refractivity contribution is -0.140. The number of amides is 1. The van der Waals surface area contributed by atoms with Crippen LogP contribution in [0.15, 0.2) is 54.7 Å². The van der Waals surface area contributed by atoms with E-state index in [1.54, 1.807) is 31.0 Å². The normalized spacial score (nSPS) is 18.2. The van der Waals surface area contributed by atoms with E-state index in [1.807, 2.05) is 42.5 Å². The molecule has 5 rings (SSSR count). The molecular weight excluding hydrogens is 540 g/mol. The molecule has 0 bridgehead atoms. The highest BCUT2D eigenvalue weighted by Crippen LogP contribution is 2.40. The first kappa shape index (κ1) is 29.0. The van der Waals surface area contributed by atoms with E-state index in [0.717, 1.165) is 22.0 Å². The van der Waals surface area contributed by atoms with Gasteiger partial charge in [-0.15, -0.1) is 0 Å². The van der Waals surface area contributed by atoms with Crippen LogP contribution in [0.5, 0.6) is 0 Å². The van der Waals surface area contributed by atoms with Crippen LogP contribution in [0.4, 0.5) is 0 Å². The minimum absolute atomic E-state index is 0.203. The third-order valence-electron chi connectivity index (χ3n) is 7.71. The van der Waals surface area contributed by atoms with Crippen molar-refractivity contribution in [2.24, 2.45) is 0 Å². The summed E-state index contributed by atoms with van der Waals surface area (Å²) in [5.41, 5.74) is 3.94. The second-order valence-corrected chi connectivity index (χ2v) is 13.9. The van der Waals surface area contributed by atoms with E-state index in [9.17, 15) is 18.0 Å². The van der Waals surface area contributed by atoms with Gasteiger partial charge in [0.1, 0.15) is 0 Å². The molecule has 2 aliphatic heterocycles. The fraction of sp³-hybridized carbons (Fsp3) is 0.419. The van der Waals surface area contributed by atoms with E-state index in [1.165, 1.54) is 10.6 Å². The first-order valence-electron chi connectivity index (χ1n) is 14.0. The number of carbonyl (C=O) groups is 2. The van der Waals surface area contributed by atoms with Crippen molar-refractivity contribution in [3.8, 4) is 0 Å². The van der Waals surface area contributed by atoms with Crippen molar-refractivity contribution in [2.75, 3.05) is 39.0 Å². The predicted octanol–water partition coefficient (Wildman–Crippen LogP) is 3.97. The zero-order chi connectivity index (χ0) is 29.5. The number of hydrogen-bond donors (Lipinski definition) is 1. The van der Waals surface area contributed by atoms with Gasteiger partial charge in [0, 0.05) is 67.3 Å². The van der Waals surface area contributed by atoms with Crippen LogP contribution in [-0.2, 0) is 31.5 Å². The number of nitrogens with zero attached hydrogens (tertiary/aromatic N) is 3. The van der Waals surface area contributed by atoms with E-state index in [2.05, 4.69) is 23.7 Å². The number of rotatable bonds is 6. The monoisotopic (exact) mass is 578 g/mol. The van der Waals surface area contributed by atoms with Crippen LogP contribution in [-0.4, -0.2) is 84.5 Å². The van der Waals surface area contributed by atoms with Crippen molar-refractivity contribution in [1.82, 2.24) is 19.1 Å². The molecule has 1 amide bonds. The molecule has 9 nitrogen and oxygen atoms in total. The summed E-state index contributed by atoms with van der Waals surface area (Å²) in [7, 11) is -3.19. The molecule has 218 valence electrons. The van der Waals surface area contributed by atoms with Crippen LogP contribution in [0.3, 0.4) is 0 Å². The molecule has 0 unspecified atom stereocenters. The van der Waals surface area contributed by atoms with Gasteiger partial charge in [0.25, 0.3) is 5.91 Å². The highest BCUT2D eigenvalue weighted by atomic mass is 32.2. The first-order chi connectivity index (χ1) is 19.3. The Morgan fingerprint density at radius 2 is 1.73 bits per heavy atom. The lowest BCUT2D eigenvalue weighted by Crippen LogP contribution is -2.47. The van der Waals surface area contributed by atoms with E-state index in [4.69, 9.17) is 4.74 Å². The summed E-state index contributed by atoms with van der Waals surface area (Å²) in [6.45, 7) is 10.9. The highest BCUT2D eigenvalue weighted by molar-refractivity contribution is 7.88. The summed E-state index contributed by atoms with van der Waals surface area (Å²) >= 11 is 0. The Balaban J connectivity index is 1.45. The summed E-state index contributed by atoms with van der Waals surface area (Å²) in [6, 6.07) is 15.5. The van der Waals surface area contributed by atoms with Crippen LogP contribution >= 0.6 is 0 Å². The maximum atomic E-state index is 14.0. The van der Waals surface area contributed by atoms with Crippen molar-refractivity contribution < 1.29 is 22.7 Å². The molecule has 0 aliphatic carbocycles. The summed E-state index contributed by atoms with van der Waals surface area (Å²) in [5.74, 6) is -0.684. The Morgan fingerprint density at radius 1 is 1.02 bits per heavy atom. The Kier molecular flexibility index (Phi) is 7.84. The molecule has 0 radical (unpaired) electrons. The molecule has 0 spiro atoms. The number of sulfonamides is 1. The number of H-pyrrole nitrogens is 1. The Morgan fingerprint density at radius 3 is 2.41 bits per heavy atom. The van der Waals surface area contributed by atoms with E-state index >= 15 is 0 Å². The third-order valence-corrected chi connectivity index (χ3v) is 9.01. The molecule has 3 heterocycles. The molecule has 10 heteroatoms. The van der Waals surface area contributed by atoms with Crippen molar-refractivity contribution in [2.45, 2.75) is 45.8 Å². The number of nitrogens with one attached hydrogen (secondary N) is 1. The van der Waals surface area contributed by atoms with Crippen LogP contribution in [0, 0.1) is 0 Å². The number of carbonyl (C=O) groups excluding carboxylic acids is 2. The smallest absolute Gasteiger partial charge is 0.342 e. The maximum absolute atomic E-state index is 14.0. The van der Waals surface area contributed by atoms with Gasteiger partial charge in [0.2, 0.25) is 10.0 Å². The molecule has 0 atom stereocenters. The fourth-order valence-electron chi connectivity index (χ4n) is 5.83. The van der Waals surface area contributed by atoms with Crippen molar-refractivity contribution in [3.05, 3.63) is 77.1 Å². The van der Waals surface area contributed by atoms with Crippen LogP contribution < -0.4 is 0 Å². The summed E-state index contributed by atoms with van der Waals surface area (Å²) < 4.78 is 30.8. The standard InChI is InChI=1S/C31H38N4O5S/c1-21(2)40-30(37)25-19-34(20-31(3,4)27-24-11-6-7-12-26(24)32-28(25)27)29(36)23-10-8-9-22(17-23)18-33-13-15-35(16-14-33)41(5,38)39/h6-12,17,19,21,32H,13-16,18,20H2,1-5H3. The minimum Gasteiger partial charge on any atom is -0.459 e. The topological polar surface area (TPSA) is 103 Å². The van der Waals surface area contributed by atoms with E-state index < -0.39 is 21.4 Å². The molecule has 1 saturated heterocycles. The molecule has 1 aromatic heterocycles. The number of benzene rings is 2. The molecule has 1 fully saturated rings. The van der Waals surface area contributed by atoms with Gasteiger partial charge in [-0.25, -0.2) is 13.2 Å². The van der Waals surface area contributed by atoms with Crippen LogP contribution in [0.1, 0.15) is 54.9 Å². The van der Waals surface area contributed by atoms with Crippen LogP contribution in [0.2, 0.25) is 0 Å². The molecule has 3 aromatic rings. The predicted molar refractivity (Wildman–Crippen MR) is 160 cm³/mol. The van der Waals surface area contributed by atoms with E-state index in [-0.39, 0.29) is 12.0 Å². The fourth-order valence-corrected chi connectivity index (χ4v) is 6.65. The number of hydrogen-bond acceptors (Lipinski definition) is 6. The van der Waals surface area contributed by atoms with Gasteiger partial charge in [-0.05, 0) is 43.2 Å². The summed E-state index contributed by atoms with van der Waals surface area (Å²) in [4.78, 5) is 34.6. The molecule has 41 heavy (non-hydrogen) atoms. The lowest BCUT2D eigenvalue weighted by atomic mass is 9.81. The average Bonchev–Trinajstić information content (AvgIpc) is 3.25. The van der Waals surface area contributed by atoms with Crippen molar-refractivity contribution in [1.29, 1.82) is 0 Å². The maximum Gasteiger partial charge on any atom is 0.342 e. The lowest BCUT2D eigenvalue weighted by Gasteiger charge is -2.33. The molecule has 0 saturated carbocycles. The zero-order valence-electron chi connectivity index (χ0n) is 24.3. The van der Waals surface area contributed by atoms with Gasteiger partial charge in [-0.2, -0.15) is 4.31 Å². The SMILES string of the molecule is CC(C)OC(=O)C1=CN(C(=O)c2cccc(CN3CCN(S(C)(=O)=O)CC3)c2)CC(C)(C)c2c1[nH]c1ccccc21. The first-order valence-corrected chi connectivity index (χ1v) is 15.8. The Hall–Kier alpha value is -3.47. The average molecular weight is 579 g/mol. The summed E-state index contributed by atoms with van der Waals surface area (Å²) in [5, 5.41) is 1.02. The number of esters is 1. The number of fused-ring (bicyclic) bond motifs is 3. The second kappa shape index (κ2) is 11.1.